The topological polar surface area (TPSA) is 114 Å². The molecule has 0 radical (unpaired) electrons. The quantitative estimate of drug-likeness (QED) is 0.569. The highest BCUT2D eigenvalue weighted by molar-refractivity contribution is 7.92. The molecule has 0 aliphatic rings. The zero-order valence-electron chi connectivity index (χ0n) is 16.6. The van der Waals surface area contributed by atoms with Crippen molar-refractivity contribution in [2.45, 2.75) is 32.1 Å². The molecular formula is C20H25N3O5S. The number of anilines is 1. The number of sulfonamides is 1. The Morgan fingerprint density at radius 2 is 1.59 bits per heavy atom. The Morgan fingerprint density at radius 1 is 0.966 bits per heavy atom. The van der Waals surface area contributed by atoms with Crippen molar-refractivity contribution in [2.24, 2.45) is 5.92 Å². The summed E-state index contributed by atoms with van der Waals surface area (Å²) in [5.74, 6) is -0.0204. The Morgan fingerprint density at radius 3 is 2.14 bits per heavy atom. The number of hydrazine groups is 1. The first kappa shape index (κ1) is 22.2. The number of benzene rings is 2. The molecule has 0 aliphatic heterocycles. The molecule has 29 heavy (non-hydrogen) atoms. The number of amides is 2. The third-order valence-electron chi connectivity index (χ3n) is 3.75. The van der Waals surface area contributed by atoms with Crippen LogP contribution >= 0.6 is 0 Å². The van der Waals surface area contributed by atoms with Crippen LogP contribution in [0.5, 0.6) is 5.75 Å². The number of hydrogen-bond donors (Lipinski definition) is 3. The number of nitrogens with one attached hydrogen (secondary N) is 3. The van der Waals surface area contributed by atoms with E-state index in [1.165, 1.54) is 36.4 Å². The molecule has 0 heterocycles. The minimum absolute atomic E-state index is 0.0932. The standard InChI is InChI=1S/C20H25N3O5S/c1-4-28-17-9-11-18(12-10-17)29(26,27)23-16-7-5-15(6-8-16)20(25)22-21-19(24)13-14(2)3/h5-12,14,23H,4,13H2,1-3H3,(H,21,24)(H,22,25). The fourth-order valence-electron chi connectivity index (χ4n) is 2.41. The lowest BCUT2D eigenvalue weighted by atomic mass is 10.1. The minimum Gasteiger partial charge on any atom is -0.494 e. The SMILES string of the molecule is CCOc1ccc(S(=O)(=O)Nc2ccc(C(=O)NNC(=O)CC(C)C)cc2)cc1. The lowest BCUT2D eigenvalue weighted by molar-refractivity contribution is -0.122. The van der Waals surface area contributed by atoms with E-state index in [2.05, 4.69) is 15.6 Å². The van der Waals surface area contributed by atoms with Crippen molar-refractivity contribution in [3.63, 3.8) is 0 Å². The highest BCUT2D eigenvalue weighted by atomic mass is 32.2. The molecular weight excluding hydrogens is 394 g/mol. The second-order valence-corrected chi connectivity index (χ2v) is 8.37. The molecule has 8 nitrogen and oxygen atoms in total. The number of carbonyl (C=O) groups excluding carboxylic acids is 2. The molecule has 0 atom stereocenters. The number of rotatable bonds is 8. The molecule has 0 saturated carbocycles. The first-order valence-electron chi connectivity index (χ1n) is 9.16. The van der Waals surface area contributed by atoms with Crippen LogP contribution in [0, 0.1) is 5.92 Å². The normalized spacial score (nSPS) is 11.0. The van der Waals surface area contributed by atoms with Gasteiger partial charge in [-0.2, -0.15) is 0 Å². The zero-order valence-corrected chi connectivity index (χ0v) is 17.4. The molecule has 0 aromatic heterocycles. The van der Waals surface area contributed by atoms with Gasteiger partial charge in [0.15, 0.2) is 0 Å². The van der Waals surface area contributed by atoms with E-state index in [9.17, 15) is 18.0 Å². The van der Waals surface area contributed by atoms with Gasteiger partial charge in [0.1, 0.15) is 5.75 Å². The van der Waals surface area contributed by atoms with E-state index >= 15 is 0 Å². The van der Waals surface area contributed by atoms with Gasteiger partial charge in [-0.15, -0.1) is 0 Å². The van der Waals surface area contributed by atoms with Gasteiger partial charge in [-0.05, 0) is 61.4 Å². The number of carbonyl (C=O) groups is 2. The maximum atomic E-state index is 12.5. The minimum atomic E-state index is -3.77. The van der Waals surface area contributed by atoms with Crippen molar-refractivity contribution in [1.29, 1.82) is 0 Å². The summed E-state index contributed by atoms with van der Waals surface area (Å²) in [7, 11) is -3.77. The second-order valence-electron chi connectivity index (χ2n) is 6.69. The Labute approximate surface area is 170 Å². The molecule has 0 unspecified atom stereocenters. The first-order chi connectivity index (χ1) is 13.7. The molecule has 0 fully saturated rings. The van der Waals surface area contributed by atoms with Crippen LogP contribution in [0.2, 0.25) is 0 Å². The van der Waals surface area contributed by atoms with Crippen LogP contribution in [-0.4, -0.2) is 26.8 Å². The predicted molar refractivity (Wildman–Crippen MR) is 110 cm³/mol. The van der Waals surface area contributed by atoms with Crippen LogP contribution in [0.1, 0.15) is 37.6 Å². The average Bonchev–Trinajstić information content (AvgIpc) is 2.66. The Balaban J connectivity index is 1.98. The van der Waals surface area contributed by atoms with E-state index in [0.29, 0.717) is 24.5 Å². The summed E-state index contributed by atoms with van der Waals surface area (Å²) in [6, 6.07) is 11.9. The Kier molecular flexibility index (Phi) is 7.60. The monoisotopic (exact) mass is 419 g/mol. The molecule has 2 amide bonds. The fourth-order valence-corrected chi connectivity index (χ4v) is 3.46. The zero-order chi connectivity index (χ0) is 21.4. The van der Waals surface area contributed by atoms with Gasteiger partial charge >= 0.3 is 0 Å². The van der Waals surface area contributed by atoms with Crippen molar-refractivity contribution >= 4 is 27.5 Å². The number of hydrogen-bond acceptors (Lipinski definition) is 5. The van der Waals surface area contributed by atoms with Gasteiger partial charge in [0.2, 0.25) is 5.91 Å². The lowest BCUT2D eigenvalue weighted by Crippen LogP contribution is -2.41. The third kappa shape index (κ3) is 6.79. The van der Waals surface area contributed by atoms with Crippen LogP contribution in [0.25, 0.3) is 0 Å². The van der Waals surface area contributed by atoms with Gasteiger partial charge in [0, 0.05) is 17.7 Å². The van der Waals surface area contributed by atoms with Gasteiger partial charge in [0.05, 0.1) is 11.5 Å². The van der Waals surface area contributed by atoms with Crippen molar-refractivity contribution in [3.05, 3.63) is 54.1 Å². The number of ether oxygens (including phenoxy) is 1. The maximum Gasteiger partial charge on any atom is 0.269 e. The summed E-state index contributed by atoms with van der Waals surface area (Å²) in [4.78, 5) is 23.7. The largest absolute Gasteiger partial charge is 0.494 e. The lowest BCUT2D eigenvalue weighted by Gasteiger charge is -2.11. The molecule has 3 N–H and O–H groups in total. The Hall–Kier alpha value is -3.07. The molecule has 0 spiro atoms. The highest BCUT2D eigenvalue weighted by Crippen LogP contribution is 2.19. The van der Waals surface area contributed by atoms with E-state index in [0.717, 1.165) is 0 Å². The average molecular weight is 420 g/mol. The second kappa shape index (κ2) is 9.92. The fraction of sp³-hybridized carbons (Fsp3) is 0.300. The summed E-state index contributed by atoms with van der Waals surface area (Å²) >= 11 is 0. The highest BCUT2D eigenvalue weighted by Gasteiger charge is 2.15. The van der Waals surface area contributed by atoms with E-state index in [-0.39, 0.29) is 22.3 Å². The molecule has 2 rings (SSSR count). The molecule has 9 heteroatoms. The van der Waals surface area contributed by atoms with E-state index < -0.39 is 15.9 Å². The summed E-state index contributed by atoms with van der Waals surface area (Å²) in [5, 5.41) is 0. The van der Waals surface area contributed by atoms with E-state index in [1.54, 1.807) is 12.1 Å². The Bertz CT molecular complexity index is 939. The first-order valence-corrected chi connectivity index (χ1v) is 10.6. The third-order valence-corrected chi connectivity index (χ3v) is 5.15. The van der Waals surface area contributed by atoms with Gasteiger partial charge in [-0.3, -0.25) is 25.2 Å². The predicted octanol–water partition coefficient (Wildman–Crippen LogP) is 2.69. The summed E-state index contributed by atoms with van der Waals surface area (Å²) in [6.45, 7) is 6.13. The van der Waals surface area contributed by atoms with Crippen molar-refractivity contribution < 1.29 is 22.7 Å². The molecule has 156 valence electrons. The van der Waals surface area contributed by atoms with Gasteiger partial charge in [0.25, 0.3) is 15.9 Å². The molecule has 2 aromatic carbocycles. The maximum absolute atomic E-state index is 12.5. The van der Waals surface area contributed by atoms with Crippen molar-refractivity contribution in [3.8, 4) is 5.75 Å². The smallest absolute Gasteiger partial charge is 0.269 e. The van der Waals surface area contributed by atoms with E-state index in [4.69, 9.17) is 4.74 Å². The van der Waals surface area contributed by atoms with Gasteiger partial charge in [-0.25, -0.2) is 8.42 Å². The summed E-state index contributed by atoms with van der Waals surface area (Å²) in [5.41, 5.74) is 5.25. The van der Waals surface area contributed by atoms with E-state index in [1.807, 2.05) is 20.8 Å². The molecule has 0 bridgehead atoms. The van der Waals surface area contributed by atoms with Crippen molar-refractivity contribution in [2.75, 3.05) is 11.3 Å². The van der Waals surface area contributed by atoms with Crippen molar-refractivity contribution in [1.82, 2.24) is 10.9 Å². The molecule has 0 saturated heterocycles. The van der Waals surface area contributed by atoms with Gasteiger partial charge < -0.3 is 4.74 Å². The van der Waals surface area contributed by atoms with Crippen LogP contribution < -0.4 is 20.3 Å². The van der Waals surface area contributed by atoms with Crippen LogP contribution in [-0.2, 0) is 14.8 Å². The molecule has 2 aromatic rings. The molecule has 0 aliphatic carbocycles. The summed E-state index contributed by atoms with van der Waals surface area (Å²) in [6.07, 6.45) is 0.298. The van der Waals surface area contributed by atoms with Crippen LogP contribution in [0.3, 0.4) is 0 Å². The van der Waals surface area contributed by atoms with Crippen LogP contribution in [0.15, 0.2) is 53.4 Å². The van der Waals surface area contributed by atoms with Crippen LogP contribution in [0.4, 0.5) is 5.69 Å². The van der Waals surface area contributed by atoms with Gasteiger partial charge in [-0.1, -0.05) is 13.8 Å². The summed E-state index contributed by atoms with van der Waals surface area (Å²) < 4.78 is 32.7.